The molecule has 8 nitrogen and oxygen atoms in total. The molecule has 0 aliphatic carbocycles. The van der Waals surface area contributed by atoms with Gasteiger partial charge in [-0.25, -0.2) is 0 Å². The summed E-state index contributed by atoms with van der Waals surface area (Å²) in [6.07, 6.45) is 74.0. The Kier molecular flexibility index (Phi) is 55.5. The minimum absolute atomic E-state index is 0.000395. The smallest absolute Gasteiger partial charge is 0.268 e. The number of rotatable bonds is 60. The first-order valence-corrected chi connectivity index (χ1v) is 33.8. The quantitative estimate of drug-likeness (QED) is 0.0272. The number of hydrogen-bond acceptors (Lipinski definition) is 6. The third kappa shape index (κ3) is 58.4. The lowest BCUT2D eigenvalue weighted by Gasteiger charge is -2.29. The minimum Gasteiger partial charge on any atom is -0.756 e. The summed E-state index contributed by atoms with van der Waals surface area (Å²) in [5.74, 6) is -0.193. The van der Waals surface area contributed by atoms with Gasteiger partial charge >= 0.3 is 0 Å². The molecule has 1 amide bonds. The molecule has 0 heterocycles. The normalized spacial score (nSPS) is 14.0. The third-order valence-electron chi connectivity index (χ3n) is 14.8. The van der Waals surface area contributed by atoms with Gasteiger partial charge < -0.3 is 28.8 Å². The Labute approximate surface area is 461 Å². The molecule has 0 bridgehead atoms. The van der Waals surface area contributed by atoms with E-state index in [1.807, 2.05) is 27.2 Å². The number of phosphoric acid groups is 1. The molecular weight excluding hydrogens is 936 g/mol. The van der Waals surface area contributed by atoms with Gasteiger partial charge in [0.25, 0.3) is 7.82 Å². The summed E-state index contributed by atoms with van der Waals surface area (Å²) in [6, 6.07) is -0.885. The fourth-order valence-electron chi connectivity index (χ4n) is 9.78. The molecule has 2 N–H and O–H groups in total. The van der Waals surface area contributed by atoms with Crippen molar-refractivity contribution >= 4 is 13.7 Å². The van der Waals surface area contributed by atoms with E-state index in [2.05, 4.69) is 43.5 Å². The zero-order chi connectivity index (χ0) is 54.2. The number of carbonyl (C=O) groups excluding carboxylic acids is 1. The predicted molar refractivity (Wildman–Crippen MR) is 321 cm³/mol. The van der Waals surface area contributed by atoms with Crippen LogP contribution in [0.25, 0.3) is 0 Å². The molecule has 3 atom stereocenters. The van der Waals surface area contributed by atoms with Crippen LogP contribution in [0.2, 0.25) is 0 Å². The van der Waals surface area contributed by atoms with Crippen molar-refractivity contribution in [3.63, 3.8) is 0 Å². The van der Waals surface area contributed by atoms with E-state index in [-0.39, 0.29) is 19.1 Å². The first kappa shape index (κ1) is 72.7. The van der Waals surface area contributed by atoms with E-state index >= 15 is 0 Å². The zero-order valence-corrected chi connectivity index (χ0v) is 51.0. The molecule has 0 rings (SSSR count). The van der Waals surface area contributed by atoms with E-state index in [4.69, 9.17) is 9.05 Å². The minimum atomic E-state index is -4.59. The molecule has 438 valence electrons. The zero-order valence-electron chi connectivity index (χ0n) is 50.1. The lowest BCUT2D eigenvalue weighted by molar-refractivity contribution is -0.870. The van der Waals surface area contributed by atoms with Crippen molar-refractivity contribution in [1.82, 2.24) is 5.32 Å². The molecule has 0 spiro atoms. The second-order valence-corrected chi connectivity index (χ2v) is 24.9. The number of nitrogens with zero attached hydrogens (tertiary/aromatic N) is 1. The van der Waals surface area contributed by atoms with Gasteiger partial charge in [-0.1, -0.05) is 301 Å². The van der Waals surface area contributed by atoms with Crippen LogP contribution in [0.1, 0.15) is 322 Å². The highest BCUT2D eigenvalue weighted by molar-refractivity contribution is 7.45. The van der Waals surface area contributed by atoms with Crippen LogP contribution >= 0.6 is 7.82 Å². The average Bonchev–Trinajstić information content (AvgIpc) is 3.36. The topological polar surface area (TPSA) is 108 Å². The van der Waals surface area contributed by atoms with Gasteiger partial charge in [0.2, 0.25) is 5.91 Å². The maximum absolute atomic E-state index is 13.0. The molecule has 0 saturated carbocycles. The van der Waals surface area contributed by atoms with E-state index in [1.165, 1.54) is 257 Å². The highest BCUT2D eigenvalue weighted by Crippen LogP contribution is 2.38. The molecule has 74 heavy (non-hydrogen) atoms. The summed E-state index contributed by atoms with van der Waals surface area (Å²) in [6.45, 7) is 4.69. The second kappa shape index (κ2) is 56.4. The van der Waals surface area contributed by atoms with Crippen molar-refractivity contribution in [3.05, 3.63) is 36.5 Å². The van der Waals surface area contributed by atoms with Crippen molar-refractivity contribution in [2.24, 2.45) is 0 Å². The summed E-state index contributed by atoms with van der Waals surface area (Å²) in [4.78, 5) is 25.5. The highest BCUT2D eigenvalue weighted by Gasteiger charge is 2.23. The molecule has 0 aromatic heterocycles. The monoisotopic (exact) mass is 1060 g/mol. The van der Waals surface area contributed by atoms with Crippen LogP contribution in [0, 0.1) is 0 Å². The molecule has 0 aliphatic heterocycles. The average molecular weight is 1060 g/mol. The van der Waals surface area contributed by atoms with Crippen molar-refractivity contribution in [2.75, 3.05) is 40.9 Å². The Morgan fingerprint density at radius 1 is 0.473 bits per heavy atom. The van der Waals surface area contributed by atoms with Crippen molar-refractivity contribution in [1.29, 1.82) is 0 Å². The molecule has 9 heteroatoms. The maximum atomic E-state index is 13.0. The van der Waals surface area contributed by atoms with Gasteiger partial charge in [0.15, 0.2) is 0 Å². The van der Waals surface area contributed by atoms with Crippen LogP contribution in [0.15, 0.2) is 36.5 Å². The maximum Gasteiger partial charge on any atom is 0.268 e. The lowest BCUT2D eigenvalue weighted by atomic mass is 10.0. The fourth-order valence-corrected chi connectivity index (χ4v) is 10.5. The van der Waals surface area contributed by atoms with Crippen LogP contribution in [-0.2, 0) is 18.4 Å². The number of unbranched alkanes of at least 4 members (excludes halogenated alkanes) is 43. The Hall–Kier alpha value is -1.28. The molecular formula is C65H127N2O6P. The van der Waals surface area contributed by atoms with Crippen molar-refractivity contribution in [2.45, 2.75) is 334 Å². The standard InChI is InChI=1S/C65H127N2O6P/c1-6-8-10-12-14-16-18-20-22-23-24-25-26-27-28-29-30-31-32-33-34-35-36-37-38-39-40-41-42-43-45-47-49-51-53-55-57-59-65(69)66-63(62-73-74(70,71)72-61-60-67(3,4)5)64(68)58-56-54-52-50-48-46-44-21-19-17-15-13-11-9-7-2/h28-29,31-32,56,58,63-64,68H,6-27,30,33-55,57,59-62H2,1-5H3,(H-,66,69,70,71)/b29-28-,32-31-,58-56+. The van der Waals surface area contributed by atoms with E-state index < -0.39 is 20.0 Å². The molecule has 0 radical (unpaired) electrons. The third-order valence-corrected chi connectivity index (χ3v) is 15.8. The first-order chi connectivity index (χ1) is 36.0. The van der Waals surface area contributed by atoms with Gasteiger partial charge in [0, 0.05) is 6.42 Å². The molecule has 0 aromatic carbocycles. The number of phosphoric ester groups is 1. The number of aliphatic hydroxyl groups is 1. The van der Waals surface area contributed by atoms with Gasteiger partial charge in [-0.2, -0.15) is 0 Å². The van der Waals surface area contributed by atoms with Crippen LogP contribution in [-0.4, -0.2) is 68.5 Å². The van der Waals surface area contributed by atoms with Crippen LogP contribution in [0.4, 0.5) is 0 Å². The molecule has 3 unspecified atom stereocenters. The highest BCUT2D eigenvalue weighted by atomic mass is 31.2. The first-order valence-electron chi connectivity index (χ1n) is 32.4. The van der Waals surface area contributed by atoms with E-state index in [0.29, 0.717) is 17.4 Å². The fraction of sp³-hybridized carbons (Fsp3) is 0.892. The SMILES string of the molecule is CCCCCCCCCCCCCCC/C=C\C/C=C\CCCCCCCCCCCCCCCCCCCC(=O)NC(COP(=O)([O-])OCC[N+](C)(C)C)C(O)/C=C/CCCCCCCCCCCCCCC. The number of amides is 1. The number of likely N-dealkylation sites (N-methyl/N-ethyl adjacent to an activating group) is 1. The summed E-state index contributed by atoms with van der Waals surface area (Å²) < 4.78 is 23.4. The van der Waals surface area contributed by atoms with E-state index in [9.17, 15) is 19.4 Å². The van der Waals surface area contributed by atoms with E-state index in [1.54, 1.807) is 6.08 Å². The van der Waals surface area contributed by atoms with Crippen molar-refractivity contribution in [3.8, 4) is 0 Å². The van der Waals surface area contributed by atoms with E-state index in [0.717, 1.165) is 44.9 Å². The lowest BCUT2D eigenvalue weighted by Crippen LogP contribution is -2.45. The Balaban J connectivity index is 3.95. The number of aliphatic hydroxyl groups excluding tert-OH is 1. The number of nitrogens with one attached hydrogen (secondary N) is 1. The summed E-state index contributed by atoms with van der Waals surface area (Å²) in [5, 5.41) is 13.9. The van der Waals surface area contributed by atoms with Crippen LogP contribution in [0.5, 0.6) is 0 Å². The van der Waals surface area contributed by atoms with Gasteiger partial charge in [0.1, 0.15) is 13.2 Å². The molecule has 0 aliphatic rings. The largest absolute Gasteiger partial charge is 0.756 e. The summed E-state index contributed by atoms with van der Waals surface area (Å²) >= 11 is 0. The molecule has 0 fully saturated rings. The number of allylic oxidation sites excluding steroid dienone is 5. The second-order valence-electron chi connectivity index (χ2n) is 23.5. The Morgan fingerprint density at radius 3 is 1.12 bits per heavy atom. The number of carbonyl (C=O) groups is 1. The summed E-state index contributed by atoms with van der Waals surface area (Å²) in [5.41, 5.74) is 0. The molecule has 0 saturated heterocycles. The van der Waals surface area contributed by atoms with Gasteiger partial charge in [-0.15, -0.1) is 0 Å². The van der Waals surface area contributed by atoms with Crippen molar-refractivity contribution < 1.29 is 32.9 Å². The van der Waals surface area contributed by atoms with Crippen LogP contribution in [0.3, 0.4) is 0 Å². The van der Waals surface area contributed by atoms with Gasteiger partial charge in [0.05, 0.1) is 39.9 Å². The number of quaternary nitrogens is 1. The Morgan fingerprint density at radius 2 is 0.784 bits per heavy atom. The molecule has 0 aromatic rings. The predicted octanol–water partition coefficient (Wildman–Crippen LogP) is 19.5. The Bertz CT molecular complexity index is 1300. The summed E-state index contributed by atoms with van der Waals surface area (Å²) in [7, 11) is 1.27. The van der Waals surface area contributed by atoms with Crippen LogP contribution < -0.4 is 10.2 Å². The van der Waals surface area contributed by atoms with Gasteiger partial charge in [-0.05, 0) is 51.4 Å². The van der Waals surface area contributed by atoms with Gasteiger partial charge in [-0.3, -0.25) is 9.36 Å². The number of hydrogen-bond donors (Lipinski definition) is 2.